The van der Waals surface area contributed by atoms with Crippen molar-refractivity contribution in [1.82, 2.24) is 19.3 Å². The predicted molar refractivity (Wildman–Crippen MR) is 140 cm³/mol. The normalized spacial score (nSPS) is 16.4. The average Bonchev–Trinajstić information content (AvgIpc) is 2.89. The van der Waals surface area contributed by atoms with E-state index in [1.54, 1.807) is 18.3 Å². The zero-order chi connectivity index (χ0) is 25.8. The Balaban J connectivity index is 1.38. The number of rotatable bonds is 7. The number of nitrogens with one attached hydrogen (secondary N) is 1. The Bertz CT molecular complexity index is 1220. The molecule has 4 heterocycles. The van der Waals surface area contributed by atoms with Gasteiger partial charge in [-0.25, -0.2) is 9.29 Å². The highest BCUT2D eigenvalue weighted by atomic mass is 35.5. The number of fused-ring (bicyclic) bond motifs is 1. The molecule has 0 unspecified atom stereocenters. The molecule has 0 spiro atoms. The van der Waals surface area contributed by atoms with E-state index in [9.17, 15) is 13.2 Å². The molecule has 7 nitrogen and oxygen atoms in total. The highest BCUT2D eigenvalue weighted by Gasteiger charge is 2.30. The third-order valence-electron chi connectivity index (χ3n) is 6.21. The molecule has 0 bridgehead atoms. The molecule has 0 amide bonds. The molecule has 1 fully saturated rings. The van der Waals surface area contributed by atoms with Gasteiger partial charge in [0.05, 0.1) is 22.8 Å². The molecule has 2 aromatic heterocycles. The number of hydrogen-bond acceptors (Lipinski definition) is 8. The van der Waals surface area contributed by atoms with Gasteiger partial charge in [-0.1, -0.05) is 23.5 Å². The molecule has 2 aliphatic rings. The van der Waals surface area contributed by atoms with Gasteiger partial charge in [-0.05, 0) is 55.7 Å². The van der Waals surface area contributed by atoms with Crippen molar-refractivity contribution in [2.45, 2.75) is 32.0 Å². The number of anilines is 3. The summed E-state index contributed by atoms with van der Waals surface area (Å²) in [6.07, 6.45) is 0.314. The lowest BCUT2D eigenvalue weighted by Gasteiger charge is -2.30. The van der Waals surface area contributed by atoms with Crippen molar-refractivity contribution in [1.29, 1.82) is 0 Å². The first kappa shape index (κ1) is 25.9. The molecule has 0 saturated carbocycles. The molecule has 12 heteroatoms. The maximum atomic E-state index is 13.0. The summed E-state index contributed by atoms with van der Waals surface area (Å²) in [6.45, 7) is 3.30. The lowest BCUT2D eigenvalue weighted by atomic mass is 10.1. The van der Waals surface area contributed by atoms with E-state index in [0.717, 1.165) is 42.2 Å². The van der Waals surface area contributed by atoms with Crippen molar-refractivity contribution in [3.05, 3.63) is 64.4 Å². The van der Waals surface area contributed by atoms with Crippen LogP contribution in [-0.4, -0.2) is 51.3 Å². The summed E-state index contributed by atoms with van der Waals surface area (Å²) >= 11 is 8.20. The van der Waals surface area contributed by atoms with Gasteiger partial charge in [-0.3, -0.25) is 0 Å². The molecule has 1 saturated heterocycles. The van der Waals surface area contributed by atoms with E-state index >= 15 is 0 Å². The number of halogens is 4. The molecular formula is C25H26ClF3N6OS. The van der Waals surface area contributed by atoms with Crippen LogP contribution in [0.5, 0.6) is 6.01 Å². The van der Waals surface area contributed by atoms with E-state index in [1.165, 1.54) is 25.0 Å². The molecule has 0 aliphatic carbocycles. The van der Waals surface area contributed by atoms with Gasteiger partial charge in [-0.2, -0.15) is 23.1 Å². The lowest BCUT2D eigenvalue weighted by molar-refractivity contribution is -0.137. The van der Waals surface area contributed by atoms with E-state index < -0.39 is 11.7 Å². The topological polar surface area (TPSA) is 66.4 Å². The number of benzene rings is 1. The number of alkyl halides is 3. The van der Waals surface area contributed by atoms with Crippen LogP contribution in [0.4, 0.5) is 30.5 Å². The molecule has 3 aromatic rings. The van der Waals surface area contributed by atoms with Crippen molar-refractivity contribution < 1.29 is 17.9 Å². The fraction of sp³-hybridized carbons (Fsp3) is 0.400. The summed E-state index contributed by atoms with van der Waals surface area (Å²) in [5.41, 5.74) is 1.45. The van der Waals surface area contributed by atoms with E-state index in [2.05, 4.69) is 19.6 Å². The predicted octanol–water partition coefficient (Wildman–Crippen LogP) is 5.97. The van der Waals surface area contributed by atoms with E-state index in [4.69, 9.17) is 21.3 Å². The highest BCUT2D eigenvalue weighted by molar-refractivity contribution is 7.97. The minimum atomic E-state index is -4.39. The molecule has 0 atom stereocenters. The number of nitrogens with zero attached hydrogens (tertiary/aromatic N) is 5. The van der Waals surface area contributed by atoms with Crippen LogP contribution in [0.2, 0.25) is 5.02 Å². The summed E-state index contributed by atoms with van der Waals surface area (Å²) in [6, 6.07) is 8.70. The summed E-state index contributed by atoms with van der Waals surface area (Å²) < 4.78 is 47.2. The van der Waals surface area contributed by atoms with Crippen molar-refractivity contribution in [2.24, 2.45) is 0 Å². The molecule has 5 rings (SSSR count). The number of pyridine rings is 1. The van der Waals surface area contributed by atoms with Crippen molar-refractivity contribution in [3.63, 3.8) is 0 Å². The van der Waals surface area contributed by atoms with Crippen LogP contribution < -0.4 is 15.0 Å². The quantitative estimate of drug-likeness (QED) is 0.361. The van der Waals surface area contributed by atoms with Crippen LogP contribution in [-0.2, 0) is 19.1 Å². The third-order valence-corrected chi connectivity index (χ3v) is 7.70. The second-order valence-corrected chi connectivity index (χ2v) is 10.4. The second-order valence-electron chi connectivity index (χ2n) is 8.78. The molecule has 1 aromatic carbocycles. The molecule has 2 aliphatic heterocycles. The van der Waals surface area contributed by atoms with Crippen LogP contribution in [0.15, 0.2) is 42.6 Å². The molecule has 1 N–H and O–H groups in total. The maximum Gasteiger partial charge on any atom is 0.416 e. The zero-order valence-corrected chi connectivity index (χ0v) is 21.5. The van der Waals surface area contributed by atoms with Gasteiger partial charge in [-0.15, -0.1) is 0 Å². The first-order chi connectivity index (χ1) is 17.9. The molecule has 0 radical (unpaired) electrons. The Morgan fingerprint density at radius 2 is 1.92 bits per heavy atom. The highest BCUT2D eigenvalue weighted by Crippen LogP contribution is 2.34. The first-order valence-corrected chi connectivity index (χ1v) is 13.4. The standard InChI is InChI=1S/C25H26ClF3N6OS/c26-20-4-3-10-30-23(20)34-12-9-19-21(16-34)32-24(36-14-13-35-11-1-2-15-37-35)33-22(19)31-18-7-5-17(6-8-18)25(27,28)29/h3-8,10H,1-2,9,11-16H2,(H,31,32,33). The van der Waals surface area contributed by atoms with Gasteiger partial charge >= 0.3 is 12.2 Å². The average molecular weight is 551 g/mol. The van der Waals surface area contributed by atoms with Gasteiger partial charge < -0.3 is 15.0 Å². The van der Waals surface area contributed by atoms with E-state index in [0.29, 0.717) is 48.5 Å². The summed E-state index contributed by atoms with van der Waals surface area (Å²) in [7, 11) is 0. The van der Waals surface area contributed by atoms with Crippen LogP contribution in [0.3, 0.4) is 0 Å². The van der Waals surface area contributed by atoms with Crippen LogP contribution >= 0.6 is 23.5 Å². The zero-order valence-electron chi connectivity index (χ0n) is 20.0. The lowest BCUT2D eigenvalue weighted by Crippen LogP contribution is -2.33. The number of ether oxygens (including phenoxy) is 1. The third kappa shape index (κ3) is 6.39. The second kappa shape index (κ2) is 11.3. The van der Waals surface area contributed by atoms with Crippen molar-refractivity contribution >= 4 is 40.9 Å². The van der Waals surface area contributed by atoms with Gasteiger partial charge in [0.2, 0.25) is 0 Å². The Hall–Kier alpha value is -2.76. The Kier molecular flexibility index (Phi) is 7.92. The molecule has 37 heavy (non-hydrogen) atoms. The monoisotopic (exact) mass is 550 g/mol. The van der Waals surface area contributed by atoms with Crippen molar-refractivity contribution in [2.75, 3.05) is 42.2 Å². The number of hydrogen-bond donors (Lipinski definition) is 1. The van der Waals surface area contributed by atoms with Crippen LogP contribution in [0.25, 0.3) is 0 Å². The minimum absolute atomic E-state index is 0.226. The smallest absolute Gasteiger partial charge is 0.416 e. The van der Waals surface area contributed by atoms with Gasteiger partial charge in [0.15, 0.2) is 0 Å². The van der Waals surface area contributed by atoms with Crippen molar-refractivity contribution in [3.8, 4) is 6.01 Å². The SMILES string of the molecule is FC(F)(F)c1ccc(Nc2nc(OCCN3CCCCS3)nc3c2CCN(c2ncccc2Cl)C3)cc1. The van der Waals surface area contributed by atoms with E-state index in [1.807, 2.05) is 16.8 Å². The minimum Gasteiger partial charge on any atom is -0.462 e. The Morgan fingerprint density at radius 1 is 1.08 bits per heavy atom. The summed E-state index contributed by atoms with van der Waals surface area (Å²) in [5, 5.41) is 3.74. The summed E-state index contributed by atoms with van der Waals surface area (Å²) in [4.78, 5) is 15.8. The van der Waals surface area contributed by atoms with Crippen LogP contribution in [0, 0.1) is 0 Å². The first-order valence-electron chi connectivity index (χ1n) is 12.1. The Morgan fingerprint density at radius 3 is 2.65 bits per heavy atom. The largest absolute Gasteiger partial charge is 0.462 e. The van der Waals surface area contributed by atoms with Gasteiger partial charge in [0, 0.05) is 42.8 Å². The Labute approximate surface area is 222 Å². The van der Waals surface area contributed by atoms with Crippen LogP contribution in [0.1, 0.15) is 29.7 Å². The van der Waals surface area contributed by atoms with Gasteiger partial charge in [0.25, 0.3) is 0 Å². The van der Waals surface area contributed by atoms with Gasteiger partial charge in [0.1, 0.15) is 18.2 Å². The fourth-order valence-electron chi connectivity index (χ4n) is 4.31. The number of aromatic nitrogens is 3. The maximum absolute atomic E-state index is 13.0. The molecule has 196 valence electrons. The summed E-state index contributed by atoms with van der Waals surface area (Å²) in [5.74, 6) is 2.32. The van der Waals surface area contributed by atoms with E-state index in [-0.39, 0.29) is 6.01 Å². The molecular weight excluding hydrogens is 525 g/mol. The fourth-order valence-corrected chi connectivity index (χ4v) is 5.60.